The van der Waals surface area contributed by atoms with Gasteiger partial charge in [-0.3, -0.25) is 14.6 Å². The van der Waals surface area contributed by atoms with Crippen molar-refractivity contribution in [2.75, 3.05) is 26.2 Å². The molecule has 2 saturated heterocycles. The first kappa shape index (κ1) is 26.9. The monoisotopic (exact) mass is 557 g/mol. The molecular weight excluding hydrogens is 522 g/mol. The SMILES string of the molecule is O=C(NC1CCN(Cc2ccccc2)CC1)c1cc2cc(OC3CCN(Cc4ccc(Cl)cc4)CC3)ccc2o1. The van der Waals surface area contributed by atoms with E-state index in [1.807, 2.05) is 42.5 Å². The zero-order valence-corrected chi connectivity index (χ0v) is 23.5. The number of benzene rings is 3. The van der Waals surface area contributed by atoms with Crippen LogP contribution in [0.2, 0.25) is 5.02 Å². The highest BCUT2D eigenvalue weighted by Gasteiger charge is 2.24. The summed E-state index contributed by atoms with van der Waals surface area (Å²) < 4.78 is 12.2. The van der Waals surface area contributed by atoms with Crippen molar-refractivity contribution in [1.29, 1.82) is 0 Å². The number of carbonyl (C=O) groups excluding carboxylic acids is 1. The highest BCUT2D eigenvalue weighted by atomic mass is 35.5. The van der Waals surface area contributed by atoms with Crippen molar-refractivity contribution >= 4 is 28.5 Å². The molecule has 40 heavy (non-hydrogen) atoms. The first-order valence-electron chi connectivity index (χ1n) is 14.3. The van der Waals surface area contributed by atoms with Gasteiger partial charge in [-0.15, -0.1) is 0 Å². The predicted octanol–water partition coefficient (Wildman–Crippen LogP) is 6.52. The summed E-state index contributed by atoms with van der Waals surface area (Å²) in [5.74, 6) is 1.03. The molecule has 0 unspecified atom stereocenters. The fourth-order valence-electron chi connectivity index (χ4n) is 5.77. The van der Waals surface area contributed by atoms with Crippen LogP contribution >= 0.6 is 11.6 Å². The molecule has 0 aliphatic carbocycles. The Morgan fingerprint density at radius 1 is 0.825 bits per heavy atom. The second-order valence-electron chi connectivity index (χ2n) is 11.0. The van der Waals surface area contributed by atoms with E-state index in [0.717, 1.165) is 81.1 Å². The molecule has 0 atom stereocenters. The Hall–Kier alpha value is -3.32. The Balaban J connectivity index is 0.978. The molecule has 0 bridgehead atoms. The van der Waals surface area contributed by atoms with E-state index < -0.39 is 0 Å². The van der Waals surface area contributed by atoms with Gasteiger partial charge in [0.25, 0.3) is 5.91 Å². The van der Waals surface area contributed by atoms with Crippen molar-refractivity contribution in [1.82, 2.24) is 15.1 Å². The molecule has 2 aliphatic heterocycles. The minimum absolute atomic E-state index is 0.145. The predicted molar refractivity (Wildman–Crippen MR) is 159 cm³/mol. The van der Waals surface area contributed by atoms with E-state index in [1.54, 1.807) is 0 Å². The number of ether oxygens (including phenoxy) is 1. The van der Waals surface area contributed by atoms with Gasteiger partial charge in [0.05, 0.1) is 0 Å². The number of rotatable bonds is 8. The van der Waals surface area contributed by atoms with Gasteiger partial charge in [-0.1, -0.05) is 54.1 Å². The topological polar surface area (TPSA) is 58.0 Å². The Kier molecular flexibility index (Phi) is 8.37. The van der Waals surface area contributed by atoms with Crippen molar-refractivity contribution in [2.45, 2.75) is 50.9 Å². The third-order valence-corrected chi connectivity index (χ3v) is 8.29. The molecule has 2 fully saturated rings. The van der Waals surface area contributed by atoms with Gasteiger partial charge in [0.2, 0.25) is 0 Å². The zero-order valence-electron chi connectivity index (χ0n) is 22.7. The summed E-state index contributed by atoms with van der Waals surface area (Å²) >= 11 is 6.01. The van der Waals surface area contributed by atoms with Crippen LogP contribution in [0.4, 0.5) is 0 Å². The molecule has 3 aromatic carbocycles. The third kappa shape index (κ3) is 6.87. The maximum Gasteiger partial charge on any atom is 0.287 e. The molecule has 0 saturated carbocycles. The molecule has 0 radical (unpaired) electrons. The average Bonchev–Trinajstić information content (AvgIpc) is 3.41. The van der Waals surface area contributed by atoms with Crippen molar-refractivity contribution < 1.29 is 13.9 Å². The van der Waals surface area contributed by atoms with Crippen LogP contribution in [0.5, 0.6) is 5.75 Å². The fraction of sp³-hybridized carbons (Fsp3) is 0.364. The lowest BCUT2D eigenvalue weighted by Crippen LogP contribution is -2.44. The summed E-state index contributed by atoms with van der Waals surface area (Å²) in [6.07, 6.45) is 4.02. The van der Waals surface area contributed by atoms with Gasteiger partial charge in [0.15, 0.2) is 5.76 Å². The van der Waals surface area contributed by atoms with Gasteiger partial charge in [-0.25, -0.2) is 0 Å². The molecule has 6 nitrogen and oxygen atoms in total. The second-order valence-corrected chi connectivity index (χ2v) is 11.5. The summed E-state index contributed by atoms with van der Waals surface area (Å²) in [5.41, 5.74) is 3.31. The van der Waals surface area contributed by atoms with Crippen molar-refractivity contribution in [3.63, 3.8) is 0 Å². The van der Waals surface area contributed by atoms with E-state index in [2.05, 4.69) is 51.5 Å². The van der Waals surface area contributed by atoms with Gasteiger partial charge in [0.1, 0.15) is 17.4 Å². The fourth-order valence-corrected chi connectivity index (χ4v) is 5.89. The number of nitrogens with one attached hydrogen (secondary N) is 1. The molecule has 1 amide bonds. The minimum atomic E-state index is -0.145. The lowest BCUT2D eigenvalue weighted by atomic mass is 10.0. The highest BCUT2D eigenvalue weighted by Crippen LogP contribution is 2.27. The van der Waals surface area contributed by atoms with E-state index in [1.165, 1.54) is 11.1 Å². The molecule has 4 aromatic rings. The maximum atomic E-state index is 13.0. The molecule has 7 heteroatoms. The summed E-state index contributed by atoms with van der Waals surface area (Å²) in [6.45, 7) is 5.83. The summed E-state index contributed by atoms with van der Waals surface area (Å²) in [5, 5.41) is 4.84. The Labute approximate surface area is 240 Å². The highest BCUT2D eigenvalue weighted by molar-refractivity contribution is 6.30. The molecule has 208 valence electrons. The average molecular weight is 558 g/mol. The largest absolute Gasteiger partial charge is 0.490 e. The number of nitrogens with zero attached hydrogens (tertiary/aromatic N) is 2. The van der Waals surface area contributed by atoms with E-state index in [0.29, 0.717) is 11.3 Å². The Morgan fingerprint density at radius 2 is 1.48 bits per heavy atom. The number of piperidine rings is 2. The molecule has 1 N–H and O–H groups in total. The molecule has 3 heterocycles. The van der Waals surface area contributed by atoms with E-state index in [9.17, 15) is 4.79 Å². The number of fused-ring (bicyclic) bond motifs is 1. The van der Waals surface area contributed by atoms with Gasteiger partial charge in [-0.2, -0.15) is 0 Å². The Bertz CT molecular complexity index is 1410. The number of carbonyl (C=O) groups is 1. The third-order valence-electron chi connectivity index (χ3n) is 8.04. The number of furan rings is 1. The number of likely N-dealkylation sites (tertiary alicyclic amines) is 2. The molecule has 0 spiro atoms. The summed E-state index contributed by atoms with van der Waals surface area (Å²) in [7, 11) is 0. The first-order chi connectivity index (χ1) is 19.6. The summed E-state index contributed by atoms with van der Waals surface area (Å²) in [6, 6.07) is 26.4. The van der Waals surface area contributed by atoms with Crippen LogP contribution in [-0.4, -0.2) is 54.0 Å². The van der Waals surface area contributed by atoms with Crippen LogP contribution in [0.3, 0.4) is 0 Å². The standard InChI is InChI=1S/C33H36ClN3O3/c34-27-8-6-25(7-9-27)23-37-18-14-29(15-19-37)39-30-10-11-31-26(20-30)21-32(40-31)33(38)35-28-12-16-36(17-13-28)22-24-4-2-1-3-5-24/h1-11,20-21,28-29H,12-19,22-23H2,(H,35,38). The number of hydrogen-bond acceptors (Lipinski definition) is 5. The van der Waals surface area contributed by atoms with Crippen LogP contribution < -0.4 is 10.1 Å². The van der Waals surface area contributed by atoms with Crippen molar-refractivity contribution in [3.05, 3.63) is 101 Å². The van der Waals surface area contributed by atoms with Gasteiger partial charge < -0.3 is 14.5 Å². The van der Waals surface area contributed by atoms with Crippen LogP contribution in [0.1, 0.15) is 47.4 Å². The zero-order chi connectivity index (χ0) is 27.3. The van der Waals surface area contributed by atoms with Gasteiger partial charge in [-0.05, 0) is 73.2 Å². The number of hydrogen-bond donors (Lipinski definition) is 1. The normalized spacial score (nSPS) is 17.7. The van der Waals surface area contributed by atoms with Crippen LogP contribution in [0.25, 0.3) is 11.0 Å². The van der Waals surface area contributed by atoms with Gasteiger partial charge in [0, 0.05) is 55.7 Å². The van der Waals surface area contributed by atoms with E-state index in [4.69, 9.17) is 20.8 Å². The van der Waals surface area contributed by atoms with Crippen molar-refractivity contribution in [2.24, 2.45) is 0 Å². The van der Waals surface area contributed by atoms with Crippen LogP contribution in [0.15, 0.2) is 83.3 Å². The lowest BCUT2D eigenvalue weighted by Gasteiger charge is -2.32. The van der Waals surface area contributed by atoms with Crippen molar-refractivity contribution in [3.8, 4) is 5.75 Å². The molecule has 6 rings (SSSR count). The smallest absolute Gasteiger partial charge is 0.287 e. The molecule has 2 aliphatic rings. The molecule has 1 aromatic heterocycles. The quantitative estimate of drug-likeness (QED) is 0.267. The minimum Gasteiger partial charge on any atom is -0.490 e. The lowest BCUT2D eigenvalue weighted by molar-refractivity contribution is 0.0883. The van der Waals surface area contributed by atoms with E-state index >= 15 is 0 Å². The van der Waals surface area contributed by atoms with E-state index in [-0.39, 0.29) is 18.1 Å². The first-order valence-corrected chi connectivity index (χ1v) is 14.7. The van der Waals surface area contributed by atoms with Gasteiger partial charge >= 0.3 is 0 Å². The summed E-state index contributed by atoms with van der Waals surface area (Å²) in [4.78, 5) is 17.9. The van der Waals surface area contributed by atoms with Crippen LogP contribution in [0, 0.1) is 0 Å². The number of halogens is 1. The van der Waals surface area contributed by atoms with Crippen LogP contribution in [-0.2, 0) is 13.1 Å². The second kappa shape index (κ2) is 12.5. The maximum absolute atomic E-state index is 13.0. The molecular formula is C33H36ClN3O3. The Morgan fingerprint density at radius 3 is 2.17 bits per heavy atom. The number of amides is 1.